The fourth-order valence-electron chi connectivity index (χ4n) is 4.68. The third-order valence-corrected chi connectivity index (χ3v) is 6.63. The number of hydrogen-bond donors (Lipinski definition) is 1. The van der Waals surface area contributed by atoms with Gasteiger partial charge in [0.15, 0.2) is 5.82 Å². The maximum absolute atomic E-state index is 13.4. The third-order valence-electron chi connectivity index (χ3n) is 6.63. The highest BCUT2D eigenvalue weighted by molar-refractivity contribution is 5.78. The maximum atomic E-state index is 13.4. The van der Waals surface area contributed by atoms with Gasteiger partial charge in [0.25, 0.3) is 0 Å². The Morgan fingerprint density at radius 3 is 2.11 bits per heavy atom. The molecule has 3 aromatic carbocycles. The van der Waals surface area contributed by atoms with Crippen molar-refractivity contribution in [1.82, 2.24) is 24.6 Å². The van der Waals surface area contributed by atoms with Gasteiger partial charge in [-0.1, -0.05) is 91.0 Å². The Balaban J connectivity index is 1.26. The molecule has 0 aliphatic carbocycles. The molecular weight excluding hydrogens is 462 g/mol. The monoisotopic (exact) mass is 487 g/mol. The summed E-state index contributed by atoms with van der Waals surface area (Å²) in [4.78, 5) is 24.2. The molecule has 37 heavy (non-hydrogen) atoms. The Labute approximate surface area is 214 Å². The number of fused-ring (bicyclic) bond motifs is 1. The second kappa shape index (κ2) is 9.70. The smallest absolute Gasteiger partial charge is 0.244 e. The van der Waals surface area contributed by atoms with E-state index >= 15 is 0 Å². The van der Waals surface area contributed by atoms with Gasteiger partial charge in [0.2, 0.25) is 11.8 Å². The van der Waals surface area contributed by atoms with E-state index in [9.17, 15) is 9.90 Å². The van der Waals surface area contributed by atoms with Crippen molar-refractivity contribution in [3.05, 3.63) is 108 Å². The molecular formula is C30H25N5O2. The summed E-state index contributed by atoms with van der Waals surface area (Å²) in [5.41, 5.74) is 5.92. The van der Waals surface area contributed by atoms with Gasteiger partial charge in [0.05, 0.1) is 29.2 Å². The van der Waals surface area contributed by atoms with Crippen LogP contribution >= 0.6 is 0 Å². The van der Waals surface area contributed by atoms with Gasteiger partial charge in [-0.3, -0.25) is 9.48 Å². The zero-order valence-electron chi connectivity index (χ0n) is 20.2. The van der Waals surface area contributed by atoms with E-state index in [1.54, 1.807) is 9.58 Å². The highest BCUT2D eigenvalue weighted by atomic mass is 16.3. The van der Waals surface area contributed by atoms with E-state index in [1.807, 2.05) is 97.1 Å². The van der Waals surface area contributed by atoms with Crippen LogP contribution in [0.1, 0.15) is 11.3 Å². The molecule has 0 fully saturated rings. The number of amides is 1. The van der Waals surface area contributed by atoms with Gasteiger partial charge in [-0.05, 0) is 11.6 Å². The van der Waals surface area contributed by atoms with Gasteiger partial charge >= 0.3 is 0 Å². The number of aromatic nitrogens is 4. The van der Waals surface area contributed by atoms with E-state index in [1.165, 1.54) is 0 Å². The standard InChI is InChI=1S/C30H25N5O2/c36-28(34-17-16-25-24(19-34)30(37)32-29(31-25)23-14-8-3-9-15-23)20-35-27(22-12-6-2-7-13-22)18-26(33-35)21-10-4-1-5-11-21/h1-15,18H,16-17,19-20H2,(H,31,32,37). The zero-order chi connectivity index (χ0) is 25.2. The molecule has 5 aromatic rings. The third kappa shape index (κ3) is 4.59. The summed E-state index contributed by atoms with van der Waals surface area (Å²) in [6.07, 6.45) is 0.552. The lowest BCUT2D eigenvalue weighted by Gasteiger charge is -2.29. The quantitative estimate of drug-likeness (QED) is 0.379. The fourth-order valence-corrected chi connectivity index (χ4v) is 4.68. The lowest BCUT2D eigenvalue weighted by molar-refractivity contribution is -0.133. The SMILES string of the molecule is O=C(Cn1nc(-c2ccccc2)cc1-c1ccccc1)N1CCc2nc(-c3ccccc3)nc(O)c2C1. The summed E-state index contributed by atoms with van der Waals surface area (Å²) >= 11 is 0. The molecule has 1 aliphatic rings. The molecule has 1 amide bonds. The van der Waals surface area contributed by atoms with Crippen LogP contribution in [0.3, 0.4) is 0 Å². The molecule has 0 atom stereocenters. The average molecular weight is 488 g/mol. The minimum absolute atomic E-state index is 0.0721. The molecule has 182 valence electrons. The summed E-state index contributed by atoms with van der Waals surface area (Å²) in [6.45, 7) is 0.878. The van der Waals surface area contributed by atoms with Gasteiger partial charge < -0.3 is 10.0 Å². The number of nitrogens with zero attached hydrogens (tertiary/aromatic N) is 5. The molecule has 0 unspecified atom stereocenters. The minimum Gasteiger partial charge on any atom is -0.493 e. The predicted molar refractivity (Wildman–Crippen MR) is 141 cm³/mol. The van der Waals surface area contributed by atoms with Crippen LogP contribution < -0.4 is 0 Å². The molecule has 0 radical (unpaired) electrons. The van der Waals surface area contributed by atoms with Gasteiger partial charge in [-0.15, -0.1) is 0 Å². The Morgan fingerprint density at radius 2 is 1.43 bits per heavy atom. The van der Waals surface area contributed by atoms with Crippen LogP contribution in [0.4, 0.5) is 0 Å². The van der Waals surface area contributed by atoms with Gasteiger partial charge in [-0.25, -0.2) is 4.98 Å². The van der Waals surface area contributed by atoms with E-state index in [0.29, 0.717) is 24.4 Å². The molecule has 0 saturated heterocycles. The molecule has 0 bridgehead atoms. The molecule has 1 N–H and O–H groups in total. The number of benzene rings is 3. The van der Waals surface area contributed by atoms with Crippen molar-refractivity contribution in [1.29, 1.82) is 0 Å². The highest BCUT2D eigenvalue weighted by Crippen LogP contribution is 2.29. The largest absolute Gasteiger partial charge is 0.493 e. The van der Waals surface area contributed by atoms with Crippen molar-refractivity contribution in [2.24, 2.45) is 0 Å². The van der Waals surface area contributed by atoms with Gasteiger partial charge in [0, 0.05) is 24.1 Å². The molecule has 1 aliphatic heterocycles. The number of hydrogen-bond acceptors (Lipinski definition) is 5. The second-order valence-electron chi connectivity index (χ2n) is 9.03. The summed E-state index contributed by atoms with van der Waals surface area (Å²) in [7, 11) is 0. The topological polar surface area (TPSA) is 84.1 Å². The van der Waals surface area contributed by atoms with E-state index < -0.39 is 0 Å². The van der Waals surface area contributed by atoms with Gasteiger partial charge in [-0.2, -0.15) is 10.1 Å². The Hall–Kier alpha value is -4.78. The number of aromatic hydroxyl groups is 1. The first-order valence-electron chi connectivity index (χ1n) is 12.3. The number of carbonyl (C=O) groups excluding carboxylic acids is 1. The first-order chi connectivity index (χ1) is 18.2. The lowest BCUT2D eigenvalue weighted by Crippen LogP contribution is -2.38. The maximum Gasteiger partial charge on any atom is 0.244 e. The lowest BCUT2D eigenvalue weighted by atomic mass is 10.1. The Kier molecular flexibility index (Phi) is 5.94. The molecule has 0 saturated carbocycles. The van der Waals surface area contributed by atoms with E-state index in [0.717, 1.165) is 33.8 Å². The highest BCUT2D eigenvalue weighted by Gasteiger charge is 2.27. The van der Waals surface area contributed by atoms with Crippen molar-refractivity contribution < 1.29 is 9.90 Å². The second-order valence-corrected chi connectivity index (χ2v) is 9.03. The van der Waals surface area contributed by atoms with E-state index in [2.05, 4.69) is 9.97 Å². The molecule has 3 heterocycles. The number of carbonyl (C=O) groups is 1. The summed E-state index contributed by atoms with van der Waals surface area (Å²) in [5.74, 6) is 0.350. The first-order valence-corrected chi connectivity index (χ1v) is 12.3. The molecule has 7 heteroatoms. The summed E-state index contributed by atoms with van der Waals surface area (Å²) in [6, 6.07) is 31.5. The molecule has 2 aromatic heterocycles. The molecule has 6 rings (SSSR count). The molecule has 7 nitrogen and oxygen atoms in total. The van der Waals surface area contributed by atoms with Crippen LogP contribution in [0.25, 0.3) is 33.9 Å². The van der Waals surface area contributed by atoms with Crippen molar-refractivity contribution in [2.75, 3.05) is 6.54 Å². The van der Waals surface area contributed by atoms with Crippen LogP contribution in [0, 0.1) is 0 Å². The fraction of sp³-hybridized carbons (Fsp3) is 0.133. The summed E-state index contributed by atoms with van der Waals surface area (Å²) < 4.78 is 1.77. The Bertz CT molecular complexity index is 1550. The van der Waals surface area contributed by atoms with Crippen LogP contribution in [0.2, 0.25) is 0 Å². The molecule has 0 spiro atoms. The van der Waals surface area contributed by atoms with Crippen LogP contribution in [0.15, 0.2) is 97.1 Å². The van der Waals surface area contributed by atoms with E-state index in [4.69, 9.17) is 5.10 Å². The van der Waals surface area contributed by atoms with E-state index in [-0.39, 0.29) is 24.9 Å². The van der Waals surface area contributed by atoms with Crippen LogP contribution in [0.5, 0.6) is 5.88 Å². The normalized spacial score (nSPS) is 12.8. The zero-order valence-corrected chi connectivity index (χ0v) is 20.2. The van der Waals surface area contributed by atoms with Crippen molar-refractivity contribution in [3.8, 4) is 39.8 Å². The van der Waals surface area contributed by atoms with Crippen LogP contribution in [-0.4, -0.2) is 42.2 Å². The van der Waals surface area contributed by atoms with Crippen LogP contribution in [-0.2, 0) is 24.3 Å². The predicted octanol–water partition coefficient (Wildman–Crippen LogP) is 4.96. The van der Waals surface area contributed by atoms with Crippen molar-refractivity contribution in [2.45, 2.75) is 19.5 Å². The summed E-state index contributed by atoms with van der Waals surface area (Å²) in [5, 5.41) is 15.5. The van der Waals surface area contributed by atoms with Gasteiger partial charge in [0.1, 0.15) is 6.54 Å². The van der Waals surface area contributed by atoms with Crippen molar-refractivity contribution in [3.63, 3.8) is 0 Å². The minimum atomic E-state index is -0.0724. The first kappa shape index (κ1) is 22.7. The van der Waals surface area contributed by atoms with Crippen molar-refractivity contribution >= 4 is 5.91 Å². The Morgan fingerprint density at radius 1 is 0.811 bits per heavy atom. The average Bonchev–Trinajstić information content (AvgIpc) is 3.38. The number of rotatable bonds is 5.